The van der Waals surface area contributed by atoms with Gasteiger partial charge in [0, 0.05) is 6.04 Å². The summed E-state index contributed by atoms with van der Waals surface area (Å²) >= 11 is 0. The molecule has 17 heavy (non-hydrogen) atoms. The SMILES string of the molecule is Cc1cccc(NC2CCCC(C)(C)C2)c1N. The zero-order valence-corrected chi connectivity index (χ0v) is 11.2. The van der Waals surface area contributed by atoms with E-state index in [0.29, 0.717) is 11.5 Å². The molecule has 2 rings (SSSR count). The number of nitrogen functional groups attached to an aromatic ring is 1. The quantitative estimate of drug-likeness (QED) is 0.757. The highest BCUT2D eigenvalue weighted by atomic mass is 14.9. The van der Waals surface area contributed by atoms with Gasteiger partial charge in [0.25, 0.3) is 0 Å². The number of hydrogen-bond acceptors (Lipinski definition) is 2. The Balaban J connectivity index is 2.08. The van der Waals surface area contributed by atoms with Crippen LogP contribution < -0.4 is 11.1 Å². The van der Waals surface area contributed by atoms with Crippen molar-refractivity contribution in [3.63, 3.8) is 0 Å². The molecule has 0 aromatic heterocycles. The minimum Gasteiger partial charge on any atom is -0.397 e. The van der Waals surface area contributed by atoms with Gasteiger partial charge in [-0.15, -0.1) is 0 Å². The minimum absolute atomic E-state index is 0.467. The molecule has 94 valence electrons. The van der Waals surface area contributed by atoms with E-state index in [4.69, 9.17) is 5.73 Å². The van der Waals surface area contributed by atoms with E-state index < -0.39 is 0 Å². The van der Waals surface area contributed by atoms with Crippen LogP contribution in [0.3, 0.4) is 0 Å². The summed E-state index contributed by atoms with van der Waals surface area (Å²) in [6.07, 6.45) is 5.15. The summed E-state index contributed by atoms with van der Waals surface area (Å²) in [5, 5.41) is 3.62. The first-order valence-electron chi connectivity index (χ1n) is 6.59. The Hall–Kier alpha value is -1.18. The van der Waals surface area contributed by atoms with E-state index in [9.17, 15) is 0 Å². The van der Waals surface area contributed by atoms with E-state index in [1.54, 1.807) is 0 Å². The van der Waals surface area contributed by atoms with Crippen LogP contribution in [-0.4, -0.2) is 6.04 Å². The molecule has 1 unspecified atom stereocenters. The van der Waals surface area contributed by atoms with Gasteiger partial charge in [-0.1, -0.05) is 32.4 Å². The van der Waals surface area contributed by atoms with Crippen LogP contribution in [0.1, 0.15) is 45.1 Å². The van der Waals surface area contributed by atoms with E-state index in [1.165, 1.54) is 25.7 Å². The third-order valence-electron chi connectivity index (χ3n) is 3.89. The first-order valence-corrected chi connectivity index (χ1v) is 6.59. The lowest BCUT2D eigenvalue weighted by Crippen LogP contribution is -2.32. The topological polar surface area (TPSA) is 38.0 Å². The van der Waals surface area contributed by atoms with E-state index in [-0.39, 0.29) is 0 Å². The van der Waals surface area contributed by atoms with Crippen molar-refractivity contribution in [3.05, 3.63) is 23.8 Å². The van der Waals surface area contributed by atoms with E-state index in [2.05, 4.69) is 44.3 Å². The summed E-state index contributed by atoms with van der Waals surface area (Å²) in [7, 11) is 0. The molecule has 0 spiro atoms. The van der Waals surface area contributed by atoms with Crippen LogP contribution in [0.4, 0.5) is 11.4 Å². The van der Waals surface area contributed by atoms with Gasteiger partial charge in [-0.2, -0.15) is 0 Å². The molecular weight excluding hydrogens is 208 g/mol. The lowest BCUT2D eigenvalue weighted by molar-refractivity contribution is 0.229. The first kappa shape index (κ1) is 12.3. The van der Waals surface area contributed by atoms with Crippen LogP contribution in [0.15, 0.2) is 18.2 Å². The number of nitrogens with two attached hydrogens (primary N) is 1. The fourth-order valence-electron chi connectivity index (χ4n) is 2.85. The van der Waals surface area contributed by atoms with Crippen molar-refractivity contribution >= 4 is 11.4 Å². The van der Waals surface area contributed by atoms with Gasteiger partial charge in [-0.25, -0.2) is 0 Å². The predicted molar refractivity (Wildman–Crippen MR) is 75.3 cm³/mol. The number of nitrogens with one attached hydrogen (secondary N) is 1. The van der Waals surface area contributed by atoms with E-state index in [0.717, 1.165) is 16.9 Å². The second kappa shape index (κ2) is 4.59. The molecule has 1 aliphatic carbocycles. The normalized spacial score (nSPS) is 23.4. The zero-order valence-electron chi connectivity index (χ0n) is 11.2. The van der Waals surface area contributed by atoms with Gasteiger partial charge in [0.15, 0.2) is 0 Å². The Morgan fingerprint density at radius 3 is 2.82 bits per heavy atom. The van der Waals surface area contributed by atoms with Crippen LogP contribution in [0.25, 0.3) is 0 Å². The maximum absolute atomic E-state index is 6.10. The summed E-state index contributed by atoms with van der Waals surface area (Å²) in [5.74, 6) is 0. The number of hydrogen-bond donors (Lipinski definition) is 2. The molecule has 2 heteroatoms. The monoisotopic (exact) mass is 232 g/mol. The molecule has 1 fully saturated rings. The van der Waals surface area contributed by atoms with Gasteiger partial charge >= 0.3 is 0 Å². The van der Waals surface area contributed by atoms with Crippen molar-refractivity contribution in [2.75, 3.05) is 11.1 Å². The summed E-state index contributed by atoms with van der Waals surface area (Å²) in [6, 6.07) is 6.79. The van der Waals surface area contributed by atoms with Gasteiger partial charge in [0.2, 0.25) is 0 Å². The van der Waals surface area contributed by atoms with Crippen molar-refractivity contribution in [1.29, 1.82) is 0 Å². The Labute approximate surface area is 105 Å². The zero-order chi connectivity index (χ0) is 12.5. The summed E-state index contributed by atoms with van der Waals surface area (Å²) in [4.78, 5) is 0. The molecule has 3 N–H and O–H groups in total. The maximum Gasteiger partial charge on any atom is 0.0579 e. The molecule has 0 radical (unpaired) electrons. The fourth-order valence-corrected chi connectivity index (χ4v) is 2.85. The van der Waals surface area contributed by atoms with Crippen molar-refractivity contribution in [1.82, 2.24) is 0 Å². The Morgan fingerprint density at radius 1 is 1.35 bits per heavy atom. The molecule has 1 atom stereocenters. The standard InChI is InChI=1S/C15H24N2/c1-11-6-4-8-13(14(11)16)17-12-7-5-9-15(2,3)10-12/h4,6,8,12,17H,5,7,9-10,16H2,1-3H3. The fraction of sp³-hybridized carbons (Fsp3) is 0.600. The molecule has 0 bridgehead atoms. The molecule has 0 heterocycles. The lowest BCUT2D eigenvalue weighted by atomic mass is 9.75. The molecule has 2 nitrogen and oxygen atoms in total. The van der Waals surface area contributed by atoms with E-state index in [1.807, 2.05) is 0 Å². The molecule has 0 aliphatic heterocycles. The van der Waals surface area contributed by atoms with E-state index >= 15 is 0 Å². The third-order valence-corrected chi connectivity index (χ3v) is 3.89. The largest absolute Gasteiger partial charge is 0.397 e. The van der Waals surface area contributed by atoms with Gasteiger partial charge < -0.3 is 11.1 Å². The van der Waals surface area contributed by atoms with Crippen molar-refractivity contribution < 1.29 is 0 Å². The third kappa shape index (κ3) is 2.93. The van der Waals surface area contributed by atoms with Crippen LogP contribution in [0, 0.1) is 12.3 Å². The minimum atomic E-state index is 0.467. The van der Waals surface area contributed by atoms with Gasteiger partial charge in [-0.3, -0.25) is 0 Å². The summed E-state index contributed by atoms with van der Waals surface area (Å²) in [6.45, 7) is 6.78. The Bertz CT molecular complexity index is 396. The second-order valence-electron chi connectivity index (χ2n) is 6.14. The maximum atomic E-state index is 6.10. The molecule has 0 saturated heterocycles. The Kier molecular flexibility index (Phi) is 3.32. The van der Waals surface area contributed by atoms with Crippen molar-refractivity contribution in [3.8, 4) is 0 Å². The summed E-state index contributed by atoms with van der Waals surface area (Å²) in [5.41, 5.74) is 9.73. The van der Waals surface area contributed by atoms with Gasteiger partial charge in [0.1, 0.15) is 0 Å². The summed E-state index contributed by atoms with van der Waals surface area (Å²) < 4.78 is 0. The number of rotatable bonds is 2. The molecular formula is C15H24N2. The lowest BCUT2D eigenvalue weighted by Gasteiger charge is -2.36. The Morgan fingerprint density at radius 2 is 2.12 bits per heavy atom. The van der Waals surface area contributed by atoms with Crippen LogP contribution in [0.5, 0.6) is 0 Å². The van der Waals surface area contributed by atoms with Gasteiger partial charge in [0.05, 0.1) is 11.4 Å². The highest BCUT2D eigenvalue weighted by Gasteiger charge is 2.27. The first-order chi connectivity index (χ1) is 7.98. The number of para-hydroxylation sites is 1. The number of aryl methyl sites for hydroxylation is 1. The second-order valence-corrected chi connectivity index (χ2v) is 6.14. The average molecular weight is 232 g/mol. The molecule has 1 aliphatic rings. The van der Waals surface area contributed by atoms with Crippen LogP contribution in [0.2, 0.25) is 0 Å². The highest BCUT2D eigenvalue weighted by molar-refractivity contribution is 5.69. The highest BCUT2D eigenvalue weighted by Crippen LogP contribution is 2.37. The van der Waals surface area contributed by atoms with Crippen molar-refractivity contribution in [2.45, 2.75) is 52.5 Å². The molecule has 1 aromatic rings. The predicted octanol–water partition coefficient (Wildman–Crippen LogP) is 3.96. The van der Waals surface area contributed by atoms with Crippen LogP contribution in [-0.2, 0) is 0 Å². The molecule has 1 aromatic carbocycles. The number of anilines is 2. The smallest absolute Gasteiger partial charge is 0.0579 e. The van der Waals surface area contributed by atoms with Gasteiger partial charge in [-0.05, 0) is 43.2 Å². The number of benzene rings is 1. The van der Waals surface area contributed by atoms with Crippen molar-refractivity contribution in [2.24, 2.45) is 5.41 Å². The molecule has 0 amide bonds. The average Bonchev–Trinajstić information content (AvgIpc) is 2.23. The van der Waals surface area contributed by atoms with Crippen LogP contribution >= 0.6 is 0 Å². The molecule has 1 saturated carbocycles.